The SMILES string of the molecule is CCOCCSC(=S)[S-].[K+]. The largest absolute Gasteiger partial charge is 1.00 e. The van der Waals surface area contributed by atoms with Gasteiger partial charge in [-0.3, -0.25) is 0 Å². The van der Waals surface area contributed by atoms with Crippen LogP contribution in [0.3, 0.4) is 0 Å². The number of thioether (sulfide) groups is 1. The molecule has 0 bridgehead atoms. The summed E-state index contributed by atoms with van der Waals surface area (Å²) in [5.41, 5.74) is 0. The third-order valence-electron chi connectivity index (χ3n) is 0.652. The molecule has 0 fully saturated rings. The van der Waals surface area contributed by atoms with Gasteiger partial charge in [0.1, 0.15) is 0 Å². The summed E-state index contributed by atoms with van der Waals surface area (Å²) in [4.78, 5) is 0. The van der Waals surface area contributed by atoms with Crippen LogP contribution in [0.5, 0.6) is 0 Å². The third kappa shape index (κ3) is 12.9. The summed E-state index contributed by atoms with van der Waals surface area (Å²) in [6.45, 7) is 3.49. The van der Waals surface area contributed by atoms with E-state index in [-0.39, 0.29) is 51.4 Å². The summed E-state index contributed by atoms with van der Waals surface area (Å²) in [6, 6.07) is 0. The first kappa shape index (κ1) is 14.8. The maximum Gasteiger partial charge on any atom is 1.00 e. The van der Waals surface area contributed by atoms with Crippen LogP contribution in [0.15, 0.2) is 0 Å². The molecule has 1 nitrogen and oxygen atoms in total. The van der Waals surface area contributed by atoms with E-state index in [0.717, 1.165) is 19.0 Å². The quantitative estimate of drug-likeness (QED) is 0.249. The van der Waals surface area contributed by atoms with Gasteiger partial charge < -0.3 is 29.6 Å². The molecule has 0 spiro atoms. The van der Waals surface area contributed by atoms with E-state index < -0.39 is 0 Å². The van der Waals surface area contributed by atoms with Crippen molar-refractivity contribution in [3.05, 3.63) is 0 Å². The second-order valence-electron chi connectivity index (χ2n) is 1.30. The van der Waals surface area contributed by atoms with Gasteiger partial charge in [-0.05, 0) is 6.92 Å². The Kier molecular flexibility index (Phi) is 16.6. The summed E-state index contributed by atoms with van der Waals surface area (Å²) in [5.74, 6) is 0.885. The summed E-state index contributed by atoms with van der Waals surface area (Å²) >= 11 is 10.8. The summed E-state index contributed by atoms with van der Waals surface area (Å²) < 4.78 is 5.64. The third-order valence-corrected chi connectivity index (χ3v) is 1.97. The summed E-state index contributed by atoms with van der Waals surface area (Å²) in [5, 5.41) is 0. The first-order valence-electron chi connectivity index (χ1n) is 2.69. The minimum absolute atomic E-state index is 0. The van der Waals surface area contributed by atoms with Crippen LogP contribution in [0.4, 0.5) is 0 Å². The average Bonchev–Trinajstić information content (AvgIpc) is 1.80. The molecule has 0 saturated heterocycles. The number of hydrogen-bond acceptors (Lipinski definition) is 4. The van der Waals surface area contributed by atoms with Crippen molar-refractivity contribution in [1.82, 2.24) is 0 Å². The van der Waals surface area contributed by atoms with Gasteiger partial charge in [0.25, 0.3) is 0 Å². The van der Waals surface area contributed by atoms with Crippen molar-refractivity contribution in [3.8, 4) is 0 Å². The van der Waals surface area contributed by atoms with Crippen molar-refractivity contribution in [1.29, 1.82) is 0 Å². The van der Waals surface area contributed by atoms with Crippen LogP contribution in [0.25, 0.3) is 0 Å². The first-order valence-corrected chi connectivity index (χ1v) is 4.49. The van der Waals surface area contributed by atoms with E-state index in [4.69, 9.17) is 4.74 Å². The number of thiocarbonyl (C=S) groups is 1. The Labute approximate surface area is 120 Å². The monoisotopic (exact) mass is 220 g/mol. The number of rotatable bonds is 4. The Bertz CT molecular complexity index is 89.0. The zero-order chi connectivity index (χ0) is 7.11. The van der Waals surface area contributed by atoms with Crippen LogP contribution in [-0.4, -0.2) is 22.5 Å². The molecule has 0 unspecified atom stereocenters. The molecule has 0 aliphatic heterocycles. The predicted molar refractivity (Wildman–Crippen MR) is 48.9 cm³/mol. The second kappa shape index (κ2) is 11.3. The first-order chi connectivity index (χ1) is 4.27. The predicted octanol–water partition coefficient (Wildman–Crippen LogP) is -1.41. The molecule has 0 aromatic heterocycles. The minimum Gasteiger partial charge on any atom is -0.422 e. The van der Waals surface area contributed by atoms with Crippen LogP contribution in [0.2, 0.25) is 0 Å². The Morgan fingerprint density at radius 2 is 2.30 bits per heavy atom. The van der Waals surface area contributed by atoms with E-state index in [2.05, 4.69) is 24.8 Å². The van der Waals surface area contributed by atoms with Crippen molar-refractivity contribution in [2.24, 2.45) is 0 Å². The molecule has 0 heterocycles. The van der Waals surface area contributed by atoms with Crippen LogP contribution in [0, 0.1) is 0 Å². The van der Waals surface area contributed by atoms with Gasteiger partial charge in [-0.15, -0.1) is 11.8 Å². The van der Waals surface area contributed by atoms with E-state index in [9.17, 15) is 0 Å². The fraction of sp³-hybridized carbons (Fsp3) is 0.800. The van der Waals surface area contributed by atoms with Gasteiger partial charge in [-0.2, -0.15) is 0 Å². The van der Waals surface area contributed by atoms with Gasteiger partial charge >= 0.3 is 51.4 Å². The normalized spacial score (nSPS) is 8.50. The van der Waals surface area contributed by atoms with Crippen molar-refractivity contribution in [3.63, 3.8) is 0 Å². The molecule has 0 aliphatic rings. The standard InChI is InChI=1S/C5H10OS3.K/c1-2-6-3-4-9-5(7)8;/h2-4H2,1H3,(H,7,8);/q;+1/p-1. The van der Waals surface area contributed by atoms with Crippen molar-refractivity contribution in [2.45, 2.75) is 6.92 Å². The Hall–Kier alpha value is 2.26. The topological polar surface area (TPSA) is 9.23 Å². The fourth-order valence-electron chi connectivity index (χ4n) is 0.328. The van der Waals surface area contributed by atoms with Gasteiger partial charge in [-0.1, -0.05) is 3.53 Å². The van der Waals surface area contributed by atoms with Gasteiger partial charge in [0.05, 0.1) is 6.61 Å². The van der Waals surface area contributed by atoms with Crippen molar-refractivity contribution >= 4 is 40.1 Å². The van der Waals surface area contributed by atoms with E-state index in [1.807, 2.05) is 6.92 Å². The minimum atomic E-state index is 0. The Morgan fingerprint density at radius 3 is 2.70 bits per heavy atom. The van der Waals surface area contributed by atoms with Crippen LogP contribution < -0.4 is 51.4 Å². The molecular weight excluding hydrogens is 211 g/mol. The molecule has 0 radical (unpaired) electrons. The average molecular weight is 220 g/mol. The van der Waals surface area contributed by atoms with E-state index >= 15 is 0 Å². The summed E-state index contributed by atoms with van der Waals surface area (Å²) in [7, 11) is 0. The maximum atomic E-state index is 5.06. The molecule has 54 valence electrons. The number of ether oxygens (including phenoxy) is 1. The van der Waals surface area contributed by atoms with Crippen LogP contribution in [0.1, 0.15) is 6.92 Å². The molecule has 0 amide bonds. The van der Waals surface area contributed by atoms with E-state index in [1.54, 1.807) is 0 Å². The van der Waals surface area contributed by atoms with Crippen LogP contribution in [-0.2, 0) is 17.4 Å². The summed E-state index contributed by atoms with van der Waals surface area (Å²) in [6.07, 6.45) is 0. The molecule has 0 N–H and O–H groups in total. The van der Waals surface area contributed by atoms with E-state index in [1.165, 1.54) is 11.8 Å². The van der Waals surface area contributed by atoms with Gasteiger partial charge in [0.2, 0.25) is 0 Å². The van der Waals surface area contributed by atoms with E-state index in [0.29, 0.717) is 3.53 Å². The van der Waals surface area contributed by atoms with Gasteiger partial charge in [0.15, 0.2) is 0 Å². The number of hydrogen-bond donors (Lipinski definition) is 0. The van der Waals surface area contributed by atoms with Gasteiger partial charge in [-0.25, -0.2) is 0 Å². The maximum absolute atomic E-state index is 5.06. The molecule has 0 atom stereocenters. The Balaban J connectivity index is 0. The fourth-order valence-corrected chi connectivity index (χ4v) is 1.20. The molecular formula is C5H9KOS3. The Morgan fingerprint density at radius 1 is 1.70 bits per heavy atom. The molecule has 0 aromatic carbocycles. The zero-order valence-electron chi connectivity index (χ0n) is 6.25. The molecule has 10 heavy (non-hydrogen) atoms. The molecule has 5 heteroatoms. The van der Waals surface area contributed by atoms with Gasteiger partial charge in [0, 0.05) is 12.4 Å². The van der Waals surface area contributed by atoms with Crippen molar-refractivity contribution < 1.29 is 56.1 Å². The molecule has 0 saturated carbocycles. The molecule has 0 aromatic rings. The smallest absolute Gasteiger partial charge is 0.422 e. The second-order valence-corrected chi connectivity index (χ2v) is 3.99. The zero-order valence-corrected chi connectivity index (χ0v) is 11.8. The van der Waals surface area contributed by atoms with Crippen LogP contribution >= 0.6 is 24.0 Å². The molecule has 0 rings (SSSR count). The molecule has 0 aliphatic carbocycles. The van der Waals surface area contributed by atoms with Crippen molar-refractivity contribution in [2.75, 3.05) is 19.0 Å².